The van der Waals surface area contributed by atoms with Gasteiger partial charge in [0.2, 0.25) is 0 Å². The molecule has 1 N–H and O–H groups in total. The summed E-state index contributed by atoms with van der Waals surface area (Å²) in [6.07, 6.45) is 0.698. The van der Waals surface area contributed by atoms with Crippen LogP contribution < -0.4 is 5.32 Å². The Bertz CT molecular complexity index is 537. The number of benzene rings is 1. The first-order chi connectivity index (χ1) is 8.37. The van der Waals surface area contributed by atoms with Gasteiger partial charge in [-0.3, -0.25) is 0 Å². The molecule has 0 bridgehead atoms. The normalized spacial score (nSPS) is 27.7. The predicted octanol–water partition coefficient (Wildman–Crippen LogP) is 2.14. The highest BCUT2D eigenvalue weighted by atomic mass is 32.2. The fourth-order valence-electron chi connectivity index (χ4n) is 2.48. The quantitative estimate of drug-likeness (QED) is 0.848. The molecule has 3 nitrogen and oxygen atoms in total. The van der Waals surface area contributed by atoms with Crippen LogP contribution in [0.3, 0.4) is 0 Å². The highest BCUT2D eigenvalue weighted by Crippen LogP contribution is 2.24. The molecule has 1 fully saturated rings. The lowest BCUT2D eigenvalue weighted by atomic mass is 9.99. The molecule has 1 aliphatic heterocycles. The molecule has 0 aromatic heterocycles. The van der Waals surface area contributed by atoms with Gasteiger partial charge in [0.25, 0.3) is 0 Å². The maximum Gasteiger partial charge on any atom is 0.152 e. The molecule has 2 unspecified atom stereocenters. The third-order valence-corrected chi connectivity index (χ3v) is 5.28. The fraction of sp³-hybridized carbons (Fsp3) is 0.571. The van der Waals surface area contributed by atoms with Gasteiger partial charge in [0.1, 0.15) is 0 Å². The summed E-state index contributed by atoms with van der Waals surface area (Å²) >= 11 is 0. The van der Waals surface area contributed by atoms with Gasteiger partial charge >= 0.3 is 0 Å². The Morgan fingerprint density at radius 2 is 2.00 bits per heavy atom. The molecule has 1 heterocycles. The van der Waals surface area contributed by atoms with E-state index in [2.05, 4.69) is 30.4 Å². The summed E-state index contributed by atoms with van der Waals surface area (Å²) in [5.74, 6) is 0.504. The van der Waals surface area contributed by atoms with Crippen molar-refractivity contribution >= 4 is 9.84 Å². The minimum Gasteiger partial charge on any atom is -0.307 e. The summed E-state index contributed by atoms with van der Waals surface area (Å²) in [5, 5.41) is 3.44. The fourth-order valence-corrected chi connectivity index (χ4v) is 4.15. The molecule has 18 heavy (non-hydrogen) atoms. The number of hydrogen-bond donors (Lipinski definition) is 1. The van der Waals surface area contributed by atoms with Crippen LogP contribution in [0.4, 0.5) is 0 Å². The van der Waals surface area contributed by atoms with Crippen LogP contribution in [0, 0.1) is 13.8 Å². The molecule has 0 saturated carbocycles. The minimum absolute atomic E-state index is 0.0765. The SMILES string of the molecule is Cc1ccc(C)c(C2CS(=O)(=O)CCC(C)N2)c1. The van der Waals surface area contributed by atoms with Crippen LogP contribution in [0.15, 0.2) is 18.2 Å². The molecule has 1 saturated heterocycles. The van der Waals surface area contributed by atoms with Gasteiger partial charge in [0.15, 0.2) is 9.84 Å². The zero-order valence-corrected chi connectivity index (χ0v) is 12.0. The second-order valence-electron chi connectivity index (χ2n) is 5.38. The van der Waals surface area contributed by atoms with Crippen molar-refractivity contribution in [3.05, 3.63) is 34.9 Å². The largest absolute Gasteiger partial charge is 0.307 e. The van der Waals surface area contributed by atoms with E-state index in [1.807, 2.05) is 13.8 Å². The highest BCUT2D eigenvalue weighted by molar-refractivity contribution is 7.91. The summed E-state index contributed by atoms with van der Waals surface area (Å²) in [7, 11) is -2.94. The van der Waals surface area contributed by atoms with Crippen molar-refractivity contribution in [2.45, 2.75) is 39.3 Å². The Balaban J connectivity index is 2.38. The first-order valence-corrected chi connectivity index (χ1v) is 8.23. The Hall–Kier alpha value is -0.870. The van der Waals surface area contributed by atoms with E-state index in [-0.39, 0.29) is 17.8 Å². The average Bonchev–Trinajstić information content (AvgIpc) is 2.41. The lowest BCUT2D eigenvalue weighted by Gasteiger charge is -2.21. The molecule has 1 aliphatic rings. The number of nitrogens with one attached hydrogen (secondary N) is 1. The molecular formula is C14H21NO2S. The molecule has 100 valence electrons. The molecule has 0 radical (unpaired) electrons. The zero-order chi connectivity index (χ0) is 13.3. The van der Waals surface area contributed by atoms with E-state index in [4.69, 9.17) is 0 Å². The van der Waals surface area contributed by atoms with Gasteiger partial charge in [0, 0.05) is 12.1 Å². The Morgan fingerprint density at radius 3 is 2.72 bits per heavy atom. The Morgan fingerprint density at radius 1 is 1.28 bits per heavy atom. The van der Waals surface area contributed by atoms with Crippen molar-refractivity contribution in [3.63, 3.8) is 0 Å². The first kappa shape index (κ1) is 13.6. The molecule has 0 aliphatic carbocycles. The van der Waals surface area contributed by atoms with Crippen molar-refractivity contribution < 1.29 is 8.42 Å². The standard InChI is InChI=1S/C14H21NO2S/c1-10-4-5-11(2)13(8-10)14-9-18(16,17)7-6-12(3)15-14/h4-5,8,12,14-15H,6-7,9H2,1-3H3. The lowest BCUT2D eigenvalue weighted by molar-refractivity contribution is 0.483. The van der Waals surface area contributed by atoms with Crippen molar-refractivity contribution in [1.82, 2.24) is 5.32 Å². The minimum atomic E-state index is -2.94. The highest BCUT2D eigenvalue weighted by Gasteiger charge is 2.27. The second-order valence-corrected chi connectivity index (χ2v) is 7.61. The Kier molecular flexibility index (Phi) is 3.78. The third-order valence-electron chi connectivity index (χ3n) is 3.58. The molecule has 1 aromatic carbocycles. The third kappa shape index (κ3) is 3.12. The summed E-state index contributed by atoms with van der Waals surface area (Å²) in [6, 6.07) is 6.39. The second kappa shape index (κ2) is 5.02. The van der Waals surface area contributed by atoms with Gasteiger partial charge in [-0.1, -0.05) is 23.8 Å². The van der Waals surface area contributed by atoms with E-state index in [0.29, 0.717) is 12.2 Å². The summed E-state index contributed by atoms with van der Waals surface area (Å²) in [6.45, 7) is 6.13. The topological polar surface area (TPSA) is 46.2 Å². The van der Waals surface area contributed by atoms with Gasteiger partial charge in [0.05, 0.1) is 11.5 Å². The van der Waals surface area contributed by atoms with Crippen LogP contribution in [0.5, 0.6) is 0 Å². The Labute approximate surface area is 110 Å². The molecule has 0 amide bonds. The van der Waals surface area contributed by atoms with E-state index in [1.54, 1.807) is 0 Å². The van der Waals surface area contributed by atoms with Gasteiger partial charge in [-0.15, -0.1) is 0 Å². The number of aryl methyl sites for hydroxylation is 2. The van der Waals surface area contributed by atoms with Crippen LogP contribution >= 0.6 is 0 Å². The van der Waals surface area contributed by atoms with E-state index in [0.717, 1.165) is 11.1 Å². The van der Waals surface area contributed by atoms with E-state index >= 15 is 0 Å². The zero-order valence-electron chi connectivity index (χ0n) is 11.2. The monoisotopic (exact) mass is 267 g/mol. The summed E-state index contributed by atoms with van der Waals surface area (Å²) in [4.78, 5) is 0. The number of sulfone groups is 1. The van der Waals surface area contributed by atoms with Gasteiger partial charge in [-0.05, 0) is 38.3 Å². The van der Waals surface area contributed by atoms with Crippen LogP contribution in [0.2, 0.25) is 0 Å². The van der Waals surface area contributed by atoms with Crippen molar-refractivity contribution in [1.29, 1.82) is 0 Å². The lowest BCUT2D eigenvalue weighted by Crippen LogP contribution is -2.31. The average molecular weight is 267 g/mol. The van der Waals surface area contributed by atoms with Crippen LogP contribution in [-0.2, 0) is 9.84 Å². The van der Waals surface area contributed by atoms with Crippen LogP contribution in [0.1, 0.15) is 36.1 Å². The van der Waals surface area contributed by atoms with E-state index < -0.39 is 9.84 Å². The molecule has 2 rings (SSSR count). The number of rotatable bonds is 1. The summed E-state index contributed by atoms with van der Waals surface area (Å²) in [5.41, 5.74) is 3.45. The van der Waals surface area contributed by atoms with Gasteiger partial charge in [-0.2, -0.15) is 0 Å². The molecule has 1 aromatic rings. The van der Waals surface area contributed by atoms with Crippen molar-refractivity contribution in [3.8, 4) is 0 Å². The maximum absolute atomic E-state index is 12.0. The van der Waals surface area contributed by atoms with Gasteiger partial charge in [-0.25, -0.2) is 8.42 Å². The molecule has 2 atom stereocenters. The molecule has 0 spiro atoms. The first-order valence-electron chi connectivity index (χ1n) is 6.41. The van der Waals surface area contributed by atoms with Gasteiger partial charge < -0.3 is 5.32 Å². The molecule has 4 heteroatoms. The van der Waals surface area contributed by atoms with E-state index in [9.17, 15) is 8.42 Å². The predicted molar refractivity (Wildman–Crippen MR) is 74.5 cm³/mol. The van der Waals surface area contributed by atoms with Crippen molar-refractivity contribution in [2.75, 3.05) is 11.5 Å². The van der Waals surface area contributed by atoms with E-state index in [1.165, 1.54) is 5.56 Å². The maximum atomic E-state index is 12.0. The van der Waals surface area contributed by atoms with Crippen LogP contribution in [0.25, 0.3) is 0 Å². The number of hydrogen-bond acceptors (Lipinski definition) is 3. The summed E-state index contributed by atoms with van der Waals surface area (Å²) < 4.78 is 23.9. The van der Waals surface area contributed by atoms with Crippen LogP contribution in [-0.4, -0.2) is 26.0 Å². The van der Waals surface area contributed by atoms with Crippen molar-refractivity contribution in [2.24, 2.45) is 0 Å². The molecular weight excluding hydrogens is 246 g/mol. The smallest absolute Gasteiger partial charge is 0.152 e.